The van der Waals surface area contributed by atoms with Gasteiger partial charge in [0.05, 0.1) is 17.3 Å². The highest BCUT2D eigenvalue weighted by atomic mass is 19.4. The molecule has 24 heavy (non-hydrogen) atoms. The average molecular weight is 335 g/mol. The third-order valence-electron chi connectivity index (χ3n) is 3.51. The number of aromatic nitrogens is 1. The van der Waals surface area contributed by atoms with Crippen molar-refractivity contribution in [3.8, 4) is 6.07 Å². The Morgan fingerprint density at radius 3 is 2.54 bits per heavy atom. The van der Waals surface area contributed by atoms with Crippen LogP contribution >= 0.6 is 0 Å². The molecule has 2 atom stereocenters. The van der Waals surface area contributed by atoms with Gasteiger partial charge in [0, 0.05) is 18.8 Å². The predicted molar refractivity (Wildman–Crippen MR) is 81.8 cm³/mol. The number of nitrogens with one attached hydrogen (secondary N) is 1. The van der Waals surface area contributed by atoms with Crippen molar-refractivity contribution < 1.29 is 18.3 Å². The van der Waals surface area contributed by atoms with Crippen molar-refractivity contribution in [2.75, 3.05) is 0 Å². The fraction of sp³-hybridized carbons (Fsp3) is 0.294. The van der Waals surface area contributed by atoms with Crippen LogP contribution in [0, 0.1) is 11.3 Å². The maximum absolute atomic E-state index is 12.9. The van der Waals surface area contributed by atoms with Gasteiger partial charge >= 0.3 is 6.18 Å². The number of nitrogens with zero attached hydrogens (tertiary/aromatic N) is 2. The van der Waals surface area contributed by atoms with Crippen LogP contribution in [0.15, 0.2) is 48.7 Å². The zero-order valence-corrected chi connectivity index (χ0v) is 12.7. The summed E-state index contributed by atoms with van der Waals surface area (Å²) in [6.07, 6.45) is -5.80. The van der Waals surface area contributed by atoms with E-state index in [1.54, 1.807) is 30.3 Å². The molecule has 126 valence electrons. The number of nitriles is 1. The van der Waals surface area contributed by atoms with Crippen LogP contribution in [-0.4, -0.2) is 28.4 Å². The topological polar surface area (TPSA) is 68.9 Å². The molecule has 1 aromatic carbocycles. The van der Waals surface area contributed by atoms with Crippen molar-refractivity contribution >= 4 is 0 Å². The first kappa shape index (κ1) is 17.9. The third-order valence-corrected chi connectivity index (χ3v) is 3.51. The van der Waals surface area contributed by atoms with Gasteiger partial charge in [-0.25, -0.2) is 0 Å². The molecule has 4 nitrogen and oxygen atoms in total. The number of pyridine rings is 1. The van der Waals surface area contributed by atoms with Crippen molar-refractivity contribution in [2.45, 2.75) is 31.3 Å². The molecule has 1 heterocycles. The molecule has 7 heteroatoms. The molecule has 1 aromatic heterocycles. The fourth-order valence-electron chi connectivity index (χ4n) is 2.27. The average Bonchev–Trinajstić information content (AvgIpc) is 2.58. The Labute approximate surface area is 137 Å². The number of aliphatic hydroxyl groups is 1. The summed E-state index contributed by atoms with van der Waals surface area (Å²) in [6, 6.07) is 12.3. The van der Waals surface area contributed by atoms with E-state index in [9.17, 15) is 18.3 Å². The summed E-state index contributed by atoms with van der Waals surface area (Å²) in [5.74, 6) is 0. The van der Waals surface area contributed by atoms with E-state index >= 15 is 0 Å². The van der Waals surface area contributed by atoms with Gasteiger partial charge in [-0.2, -0.15) is 18.4 Å². The van der Waals surface area contributed by atoms with Crippen LogP contribution in [0.2, 0.25) is 0 Å². The zero-order chi connectivity index (χ0) is 17.6. The lowest BCUT2D eigenvalue weighted by Crippen LogP contribution is -2.49. The molecule has 0 bridgehead atoms. The first-order valence-electron chi connectivity index (χ1n) is 7.27. The van der Waals surface area contributed by atoms with Crippen LogP contribution < -0.4 is 5.32 Å². The number of halogens is 3. The summed E-state index contributed by atoms with van der Waals surface area (Å²) in [5.41, 5.74) is 1.48. The van der Waals surface area contributed by atoms with Gasteiger partial charge < -0.3 is 10.4 Å². The Kier molecular flexibility index (Phi) is 5.90. The summed E-state index contributed by atoms with van der Waals surface area (Å²) in [4.78, 5) is 4.01. The van der Waals surface area contributed by atoms with Crippen LogP contribution in [0.4, 0.5) is 13.2 Å². The van der Waals surface area contributed by atoms with Crippen molar-refractivity contribution in [3.63, 3.8) is 0 Å². The Bertz CT molecular complexity index is 698. The van der Waals surface area contributed by atoms with Crippen LogP contribution in [0.3, 0.4) is 0 Å². The van der Waals surface area contributed by atoms with E-state index in [4.69, 9.17) is 5.26 Å². The lowest BCUT2D eigenvalue weighted by atomic mass is 10.0. The van der Waals surface area contributed by atoms with Gasteiger partial charge in [-0.1, -0.05) is 30.3 Å². The SMILES string of the molecule is N#Cc1ccnc(CNC(Cc2ccccc2)C(O)C(F)(F)F)c1. The smallest absolute Gasteiger partial charge is 0.382 e. The molecule has 2 N–H and O–H groups in total. The van der Waals surface area contributed by atoms with Crippen molar-refractivity contribution in [1.29, 1.82) is 5.26 Å². The van der Waals surface area contributed by atoms with Crippen LogP contribution in [0.25, 0.3) is 0 Å². The molecule has 2 rings (SSSR count). The van der Waals surface area contributed by atoms with E-state index in [-0.39, 0.29) is 13.0 Å². The highest BCUT2D eigenvalue weighted by Crippen LogP contribution is 2.24. The van der Waals surface area contributed by atoms with Crippen molar-refractivity contribution in [3.05, 3.63) is 65.5 Å². The fourth-order valence-corrected chi connectivity index (χ4v) is 2.27. The zero-order valence-electron chi connectivity index (χ0n) is 12.7. The molecule has 0 saturated heterocycles. The lowest BCUT2D eigenvalue weighted by molar-refractivity contribution is -0.212. The van der Waals surface area contributed by atoms with Gasteiger partial charge in [0.1, 0.15) is 0 Å². The van der Waals surface area contributed by atoms with Gasteiger partial charge in [-0.05, 0) is 24.1 Å². The van der Waals surface area contributed by atoms with E-state index in [1.807, 2.05) is 6.07 Å². The Morgan fingerprint density at radius 1 is 1.21 bits per heavy atom. The molecular weight excluding hydrogens is 319 g/mol. The molecule has 0 fully saturated rings. The molecule has 2 aromatic rings. The Balaban J connectivity index is 2.12. The molecule has 0 radical (unpaired) electrons. The van der Waals surface area contributed by atoms with Crippen LogP contribution in [-0.2, 0) is 13.0 Å². The number of alkyl halides is 3. The molecule has 2 unspecified atom stereocenters. The largest absolute Gasteiger partial charge is 0.415 e. The molecule has 0 aliphatic rings. The van der Waals surface area contributed by atoms with Gasteiger partial charge in [-0.3, -0.25) is 4.98 Å². The number of hydrogen-bond donors (Lipinski definition) is 2. The summed E-state index contributed by atoms with van der Waals surface area (Å²) >= 11 is 0. The maximum atomic E-state index is 12.9. The second-order valence-corrected chi connectivity index (χ2v) is 5.31. The second kappa shape index (κ2) is 7.90. The first-order valence-corrected chi connectivity index (χ1v) is 7.27. The minimum absolute atomic E-state index is 0.0134. The minimum Gasteiger partial charge on any atom is -0.382 e. The van der Waals surface area contributed by atoms with Gasteiger partial charge in [0.2, 0.25) is 0 Å². The highest BCUT2D eigenvalue weighted by Gasteiger charge is 2.43. The van der Waals surface area contributed by atoms with E-state index in [0.717, 1.165) is 0 Å². The highest BCUT2D eigenvalue weighted by molar-refractivity contribution is 5.28. The van der Waals surface area contributed by atoms with Gasteiger partial charge in [0.25, 0.3) is 0 Å². The monoisotopic (exact) mass is 335 g/mol. The molecule has 0 aliphatic carbocycles. The Hall–Kier alpha value is -2.43. The van der Waals surface area contributed by atoms with E-state index in [0.29, 0.717) is 16.8 Å². The molecule has 0 aliphatic heterocycles. The Morgan fingerprint density at radius 2 is 1.92 bits per heavy atom. The number of benzene rings is 1. The summed E-state index contributed by atoms with van der Waals surface area (Å²) in [6.45, 7) is 0.0140. The summed E-state index contributed by atoms with van der Waals surface area (Å²) in [5, 5.41) is 21.2. The predicted octanol–water partition coefficient (Wildman–Crippen LogP) is 2.58. The van der Waals surface area contributed by atoms with Crippen molar-refractivity contribution in [2.24, 2.45) is 0 Å². The normalized spacial score (nSPS) is 14.0. The van der Waals surface area contributed by atoms with E-state index in [2.05, 4.69) is 10.3 Å². The van der Waals surface area contributed by atoms with Crippen LogP contribution in [0.5, 0.6) is 0 Å². The summed E-state index contributed by atoms with van der Waals surface area (Å²) < 4.78 is 38.7. The summed E-state index contributed by atoms with van der Waals surface area (Å²) in [7, 11) is 0. The quantitative estimate of drug-likeness (QED) is 0.851. The third kappa shape index (κ3) is 5.05. The van der Waals surface area contributed by atoms with E-state index in [1.165, 1.54) is 18.3 Å². The number of aliphatic hydroxyl groups excluding tert-OH is 1. The van der Waals surface area contributed by atoms with Crippen LogP contribution in [0.1, 0.15) is 16.8 Å². The number of rotatable bonds is 6. The molecule has 0 spiro atoms. The standard InChI is InChI=1S/C17H16F3N3O/c18-17(19,20)16(24)15(9-12-4-2-1-3-5-12)23-11-14-8-13(10-21)6-7-22-14/h1-8,15-16,23-24H,9,11H2. The minimum atomic E-state index is -4.73. The van der Waals surface area contributed by atoms with Gasteiger partial charge in [0.15, 0.2) is 6.10 Å². The molecular formula is C17H16F3N3O. The van der Waals surface area contributed by atoms with E-state index < -0.39 is 18.3 Å². The van der Waals surface area contributed by atoms with Gasteiger partial charge in [-0.15, -0.1) is 0 Å². The number of hydrogen-bond acceptors (Lipinski definition) is 4. The first-order chi connectivity index (χ1) is 11.4. The molecule has 0 amide bonds. The second-order valence-electron chi connectivity index (χ2n) is 5.31. The van der Waals surface area contributed by atoms with Crippen molar-refractivity contribution in [1.82, 2.24) is 10.3 Å². The maximum Gasteiger partial charge on any atom is 0.415 e. The molecule has 0 saturated carbocycles. The lowest BCUT2D eigenvalue weighted by Gasteiger charge is -2.26.